The van der Waals surface area contributed by atoms with Crippen LogP contribution in [0.4, 0.5) is 0 Å². The summed E-state index contributed by atoms with van der Waals surface area (Å²) >= 11 is 0. The molecule has 1 atom stereocenters. The van der Waals surface area contributed by atoms with Crippen LogP contribution in [0.15, 0.2) is 65.8 Å². The molecular weight excluding hydrogens is 492 g/mol. The van der Waals surface area contributed by atoms with Crippen molar-refractivity contribution in [2.75, 3.05) is 19.8 Å². The van der Waals surface area contributed by atoms with E-state index in [4.69, 9.17) is 14.3 Å². The van der Waals surface area contributed by atoms with E-state index in [1.165, 1.54) is 18.4 Å². The molecule has 2 N–H and O–H groups in total. The molecule has 7 nitrogen and oxygen atoms in total. The number of amides is 2. The lowest BCUT2D eigenvalue weighted by atomic mass is 9.97. The van der Waals surface area contributed by atoms with Crippen LogP contribution >= 0.6 is 0 Å². The molecule has 2 aromatic rings. The van der Waals surface area contributed by atoms with E-state index >= 15 is 0 Å². The highest BCUT2D eigenvalue weighted by atomic mass is 16.8. The molecule has 2 aliphatic rings. The van der Waals surface area contributed by atoms with Gasteiger partial charge in [-0.1, -0.05) is 54.1 Å². The molecule has 1 saturated heterocycles. The van der Waals surface area contributed by atoms with Crippen LogP contribution in [-0.4, -0.2) is 37.9 Å². The van der Waals surface area contributed by atoms with Crippen LogP contribution in [-0.2, 0) is 19.2 Å². The topological polar surface area (TPSA) is 85.9 Å². The van der Waals surface area contributed by atoms with Crippen LogP contribution in [0.1, 0.15) is 77.0 Å². The van der Waals surface area contributed by atoms with Gasteiger partial charge in [-0.15, -0.1) is 0 Å². The van der Waals surface area contributed by atoms with Crippen molar-refractivity contribution in [1.29, 1.82) is 0 Å². The highest BCUT2D eigenvalue weighted by molar-refractivity contribution is 5.94. The Kier molecular flexibility index (Phi) is 11.9. The van der Waals surface area contributed by atoms with Crippen LogP contribution in [0, 0.1) is 0 Å². The van der Waals surface area contributed by atoms with Crippen molar-refractivity contribution in [3.05, 3.63) is 65.8 Å². The number of allylic oxidation sites excluding steroid dienone is 2. The minimum absolute atomic E-state index is 0.0923. The van der Waals surface area contributed by atoms with Crippen molar-refractivity contribution in [3.63, 3.8) is 0 Å². The minimum Gasteiger partial charge on any atom is -0.488 e. The Hall–Kier alpha value is -3.16. The molecule has 39 heavy (non-hydrogen) atoms. The van der Waals surface area contributed by atoms with E-state index < -0.39 is 0 Å². The van der Waals surface area contributed by atoms with Crippen molar-refractivity contribution in [1.82, 2.24) is 10.8 Å². The highest BCUT2D eigenvalue weighted by Gasteiger charge is 2.16. The number of nitrogens with one attached hydrogen (secondary N) is 2. The number of benzene rings is 2. The fourth-order valence-electron chi connectivity index (χ4n) is 4.97. The van der Waals surface area contributed by atoms with Crippen LogP contribution in [0.5, 0.6) is 5.75 Å². The smallest absolute Gasteiger partial charge is 0.250 e. The molecule has 0 spiro atoms. The first-order valence-electron chi connectivity index (χ1n) is 14.5. The van der Waals surface area contributed by atoms with Crippen molar-refractivity contribution >= 4 is 22.6 Å². The van der Waals surface area contributed by atoms with Crippen molar-refractivity contribution in [2.45, 2.75) is 83.3 Å². The summed E-state index contributed by atoms with van der Waals surface area (Å²) in [6.45, 7) is 1.49. The van der Waals surface area contributed by atoms with E-state index in [9.17, 15) is 9.59 Å². The normalized spacial score (nSPS) is 17.9. The Morgan fingerprint density at radius 3 is 2.77 bits per heavy atom. The average molecular weight is 535 g/mol. The number of carbonyl (C=O) groups excluding carboxylic acids is 2. The Bertz CT molecular complexity index is 1130. The summed E-state index contributed by atoms with van der Waals surface area (Å²) in [4.78, 5) is 30.6. The summed E-state index contributed by atoms with van der Waals surface area (Å²) in [5, 5.41) is 5.21. The van der Waals surface area contributed by atoms with Gasteiger partial charge in [0.2, 0.25) is 11.8 Å². The van der Waals surface area contributed by atoms with Gasteiger partial charge in [0, 0.05) is 31.4 Å². The summed E-state index contributed by atoms with van der Waals surface area (Å²) in [7, 11) is 0. The van der Waals surface area contributed by atoms with Crippen molar-refractivity contribution in [3.8, 4) is 5.75 Å². The average Bonchev–Trinajstić information content (AvgIpc) is 2.98. The molecule has 1 aliphatic heterocycles. The fraction of sp³-hybridized carbons (Fsp3) is 0.500. The first-order valence-corrected chi connectivity index (χ1v) is 14.5. The van der Waals surface area contributed by atoms with E-state index in [1.54, 1.807) is 0 Å². The maximum absolute atomic E-state index is 13.1. The Morgan fingerprint density at radius 1 is 1.03 bits per heavy atom. The molecule has 1 unspecified atom stereocenters. The Balaban J connectivity index is 1.26. The third-order valence-corrected chi connectivity index (χ3v) is 7.23. The van der Waals surface area contributed by atoms with Gasteiger partial charge >= 0.3 is 0 Å². The molecule has 2 aromatic carbocycles. The second kappa shape index (κ2) is 16.1. The third kappa shape index (κ3) is 9.83. The van der Waals surface area contributed by atoms with Crippen molar-refractivity contribution < 1.29 is 23.9 Å². The molecule has 1 heterocycles. The van der Waals surface area contributed by atoms with Gasteiger partial charge in [-0.25, -0.2) is 10.3 Å². The maximum Gasteiger partial charge on any atom is 0.250 e. The van der Waals surface area contributed by atoms with Crippen LogP contribution < -0.4 is 15.5 Å². The second-order valence-electron chi connectivity index (χ2n) is 10.3. The molecule has 210 valence electrons. The SMILES string of the molecule is O=C(CCCC/C=C(\COc1cccc2ccccc12)C(=O)NCCC1=CCCCC1)NOC1CCCCO1. The van der Waals surface area contributed by atoms with E-state index in [0.717, 1.165) is 61.5 Å². The first-order chi connectivity index (χ1) is 19.2. The van der Waals surface area contributed by atoms with Crippen LogP contribution in [0.25, 0.3) is 10.8 Å². The summed E-state index contributed by atoms with van der Waals surface area (Å²) in [6.07, 6.45) is 15.0. The number of rotatable bonds is 14. The number of hydroxylamine groups is 1. The number of carbonyl (C=O) groups is 2. The quantitative estimate of drug-likeness (QED) is 0.129. The maximum atomic E-state index is 13.1. The standard InChI is InChI=1S/C32H42N2O5/c35-30(34-39-31-20-9-10-23-37-31)19-6-2-5-15-27(32(36)33-22-21-25-12-3-1-4-13-25)24-38-29-18-11-16-26-14-7-8-17-28(26)29/h7-8,11-12,14-18,31H,1-6,9-10,13,19-24H2,(H,33,36)(H,34,35)/b27-15+. The zero-order valence-corrected chi connectivity index (χ0v) is 22.9. The van der Waals surface area contributed by atoms with Gasteiger partial charge in [-0.3, -0.25) is 9.59 Å². The van der Waals surface area contributed by atoms with Crippen molar-refractivity contribution in [2.24, 2.45) is 0 Å². The molecule has 1 fully saturated rings. The van der Waals surface area contributed by atoms with Gasteiger partial charge in [-0.2, -0.15) is 0 Å². The fourth-order valence-corrected chi connectivity index (χ4v) is 4.97. The Labute approximate surface area is 231 Å². The number of unbranched alkanes of at least 4 members (excludes halogenated alkanes) is 2. The van der Waals surface area contributed by atoms with Gasteiger partial charge in [0.15, 0.2) is 6.29 Å². The molecule has 1 aliphatic carbocycles. The van der Waals surface area contributed by atoms with Gasteiger partial charge in [-0.05, 0) is 75.7 Å². The minimum atomic E-state index is -0.345. The molecule has 2 amide bonds. The van der Waals surface area contributed by atoms with Gasteiger partial charge in [0.25, 0.3) is 0 Å². The highest BCUT2D eigenvalue weighted by Crippen LogP contribution is 2.26. The van der Waals surface area contributed by atoms with E-state index in [1.807, 2.05) is 36.4 Å². The van der Waals surface area contributed by atoms with Gasteiger partial charge < -0.3 is 14.8 Å². The number of hydrogen-bond donors (Lipinski definition) is 2. The van der Waals surface area contributed by atoms with E-state index in [0.29, 0.717) is 38.0 Å². The van der Waals surface area contributed by atoms with E-state index in [-0.39, 0.29) is 24.7 Å². The van der Waals surface area contributed by atoms with Crippen LogP contribution in [0.2, 0.25) is 0 Å². The largest absolute Gasteiger partial charge is 0.488 e. The van der Waals surface area contributed by atoms with Gasteiger partial charge in [0.05, 0.1) is 5.57 Å². The zero-order chi connectivity index (χ0) is 27.1. The molecule has 0 aromatic heterocycles. The lowest BCUT2D eigenvalue weighted by molar-refractivity contribution is -0.200. The predicted octanol–water partition coefficient (Wildman–Crippen LogP) is 6.29. The summed E-state index contributed by atoms with van der Waals surface area (Å²) in [5.74, 6) is 0.519. The van der Waals surface area contributed by atoms with Gasteiger partial charge in [0.1, 0.15) is 12.4 Å². The monoisotopic (exact) mass is 534 g/mol. The second-order valence-corrected chi connectivity index (χ2v) is 10.3. The molecule has 0 saturated carbocycles. The number of fused-ring (bicyclic) bond motifs is 1. The number of ether oxygens (including phenoxy) is 2. The molecule has 4 rings (SSSR count). The van der Waals surface area contributed by atoms with E-state index in [2.05, 4.69) is 29.0 Å². The lowest BCUT2D eigenvalue weighted by Gasteiger charge is -2.22. The first kappa shape index (κ1) is 28.8. The summed E-state index contributed by atoms with van der Waals surface area (Å²) in [5.41, 5.74) is 4.56. The lowest BCUT2D eigenvalue weighted by Crippen LogP contribution is -2.32. The summed E-state index contributed by atoms with van der Waals surface area (Å²) < 4.78 is 11.6. The zero-order valence-electron chi connectivity index (χ0n) is 22.9. The molecule has 7 heteroatoms. The molecule has 0 radical (unpaired) electrons. The summed E-state index contributed by atoms with van der Waals surface area (Å²) in [6, 6.07) is 14.0. The third-order valence-electron chi connectivity index (χ3n) is 7.23. The Morgan fingerprint density at radius 2 is 1.92 bits per heavy atom. The number of hydrogen-bond acceptors (Lipinski definition) is 5. The molecular formula is C32H42N2O5. The molecule has 0 bridgehead atoms. The van der Waals surface area contributed by atoms with Crippen LogP contribution in [0.3, 0.4) is 0 Å². The predicted molar refractivity (Wildman–Crippen MR) is 153 cm³/mol.